The van der Waals surface area contributed by atoms with E-state index in [1.54, 1.807) is 0 Å². The molecule has 12 heteroatoms. The Hall–Kier alpha value is -4.01. The van der Waals surface area contributed by atoms with Crippen molar-refractivity contribution < 1.29 is 22.7 Å². The van der Waals surface area contributed by atoms with E-state index in [-0.39, 0.29) is 42.0 Å². The number of fused-ring (bicyclic) bond motifs is 1. The molecular weight excluding hydrogens is 405 g/mol. The van der Waals surface area contributed by atoms with Crippen LogP contribution in [0, 0.1) is 11.3 Å². The molecule has 0 radical (unpaired) electrons. The van der Waals surface area contributed by atoms with Crippen LogP contribution in [0.25, 0.3) is 5.65 Å². The first kappa shape index (κ1) is 20.7. The minimum absolute atomic E-state index is 0.0671. The summed E-state index contributed by atoms with van der Waals surface area (Å²) in [7, 11) is 0. The lowest BCUT2D eigenvalue weighted by atomic mass is 10.1. The first-order valence-corrected chi connectivity index (χ1v) is 8.56. The number of nitriles is 1. The van der Waals surface area contributed by atoms with Crippen molar-refractivity contribution in [2.24, 2.45) is 0 Å². The van der Waals surface area contributed by atoms with Crippen LogP contribution in [0.5, 0.6) is 5.75 Å². The number of hydrogen-bond acceptors (Lipinski definition) is 6. The van der Waals surface area contributed by atoms with Gasteiger partial charge in [0, 0.05) is 30.1 Å². The lowest BCUT2D eigenvalue weighted by molar-refractivity contribution is -0.274. The molecule has 156 valence electrons. The number of carbonyl (C=O) groups is 1. The van der Waals surface area contributed by atoms with Gasteiger partial charge < -0.3 is 15.8 Å². The van der Waals surface area contributed by atoms with Crippen LogP contribution in [0.2, 0.25) is 0 Å². The molecule has 0 aliphatic rings. The number of pyridine rings is 1. The molecule has 2 aromatic heterocycles. The van der Waals surface area contributed by atoms with E-state index >= 15 is 0 Å². The number of benzene rings is 1. The number of alkyl halides is 3. The van der Waals surface area contributed by atoms with E-state index in [1.165, 1.54) is 30.5 Å². The zero-order chi connectivity index (χ0) is 21.9. The average Bonchev–Trinajstić information content (AvgIpc) is 2.99. The standard InChI is InChI=1S/C18H15F3N6O3/c19-18(20,21)30-14-8-13(23)4-2-11(14)9-24-16(28)12-3-5-15-25-27(7-1-6-22)17(29)26(15)10-12/h2-5,8,10H,1,7,9,23H2,(H,24,28). The predicted octanol–water partition coefficient (Wildman–Crippen LogP) is 1.82. The highest BCUT2D eigenvalue weighted by Gasteiger charge is 2.32. The number of ether oxygens (including phenoxy) is 1. The van der Waals surface area contributed by atoms with Crippen molar-refractivity contribution in [3.05, 3.63) is 58.1 Å². The fourth-order valence-corrected chi connectivity index (χ4v) is 2.67. The first-order chi connectivity index (χ1) is 14.2. The Morgan fingerprint density at radius 1 is 1.30 bits per heavy atom. The summed E-state index contributed by atoms with van der Waals surface area (Å²) in [5, 5.41) is 15.1. The van der Waals surface area contributed by atoms with E-state index in [4.69, 9.17) is 11.0 Å². The minimum atomic E-state index is -4.91. The van der Waals surface area contributed by atoms with Gasteiger partial charge in [0.15, 0.2) is 5.65 Å². The van der Waals surface area contributed by atoms with Crippen molar-refractivity contribution in [2.45, 2.75) is 25.9 Å². The molecule has 3 aromatic rings. The molecule has 3 rings (SSSR count). The van der Waals surface area contributed by atoms with Crippen molar-refractivity contribution in [1.82, 2.24) is 19.5 Å². The topological polar surface area (TPSA) is 127 Å². The Balaban J connectivity index is 1.78. The molecule has 0 saturated heterocycles. The number of nitrogens with zero attached hydrogens (tertiary/aromatic N) is 4. The molecule has 0 spiro atoms. The van der Waals surface area contributed by atoms with Gasteiger partial charge in [-0.25, -0.2) is 13.9 Å². The van der Waals surface area contributed by atoms with Gasteiger partial charge >= 0.3 is 12.1 Å². The molecule has 0 saturated carbocycles. The largest absolute Gasteiger partial charge is 0.573 e. The number of nitrogen functional groups attached to an aromatic ring is 1. The number of aryl methyl sites for hydroxylation is 1. The van der Waals surface area contributed by atoms with Crippen LogP contribution >= 0.6 is 0 Å². The number of carbonyl (C=O) groups excluding carboxylic acids is 1. The lowest BCUT2D eigenvalue weighted by Gasteiger charge is -2.14. The summed E-state index contributed by atoms with van der Waals surface area (Å²) in [4.78, 5) is 24.7. The molecule has 0 fully saturated rings. The third kappa shape index (κ3) is 4.69. The Morgan fingerprint density at radius 3 is 2.77 bits per heavy atom. The van der Waals surface area contributed by atoms with Gasteiger partial charge in [-0.15, -0.1) is 18.3 Å². The van der Waals surface area contributed by atoms with Crippen molar-refractivity contribution in [1.29, 1.82) is 5.26 Å². The molecule has 3 N–H and O–H groups in total. The second-order valence-electron chi connectivity index (χ2n) is 6.16. The number of halogens is 3. The van der Waals surface area contributed by atoms with Crippen LogP contribution in [-0.4, -0.2) is 26.5 Å². The number of anilines is 1. The van der Waals surface area contributed by atoms with E-state index in [0.717, 1.165) is 15.1 Å². The zero-order valence-electron chi connectivity index (χ0n) is 15.3. The fraction of sp³-hybridized carbons (Fsp3) is 0.222. The van der Waals surface area contributed by atoms with Gasteiger partial charge in [0.2, 0.25) is 0 Å². The first-order valence-electron chi connectivity index (χ1n) is 8.56. The van der Waals surface area contributed by atoms with E-state index in [0.29, 0.717) is 0 Å². The summed E-state index contributed by atoms with van der Waals surface area (Å²) in [5.74, 6) is -1.14. The Labute approximate surface area is 167 Å². The van der Waals surface area contributed by atoms with Crippen LogP contribution < -0.4 is 21.5 Å². The third-order valence-electron chi connectivity index (χ3n) is 4.03. The Morgan fingerprint density at radius 2 is 2.07 bits per heavy atom. The maximum absolute atomic E-state index is 12.6. The highest BCUT2D eigenvalue weighted by molar-refractivity contribution is 5.94. The predicted molar refractivity (Wildman–Crippen MR) is 98.4 cm³/mol. The van der Waals surface area contributed by atoms with Gasteiger partial charge in [-0.2, -0.15) is 5.26 Å². The van der Waals surface area contributed by atoms with Crippen molar-refractivity contribution in [3.8, 4) is 11.8 Å². The summed E-state index contributed by atoms with van der Waals surface area (Å²) in [6.45, 7) is -0.156. The summed E-state index contributed by atoms with van der Waals surface area (Å²) < 4.78 is 43.9. The Bertz CT molecular complexity index is 1190. The van der Waals surface area contributed by atoms with Crippen LogP contribution in [0.1, 0.15) is 22.3 Å². The second-order valence-corrected chi connectivity index (χ2v) is 6.16. The van der Waals surface area contributed by atoms with Gasteiger partial charge in [0.05, 0.1) is 24.6 Å². The molecular formula is C18H15F3N6O3. The molecule has 2 heterocycles. The van der Waals surface area contributed by atoms with E-state index in [2.05, 4.69) is 15.2 Å². The number of aromatic nitrogens is 3. The SMILES string of the molecule is N#CCCn1nc2ccc(C(=O)NCc3ccc(N)cc3OC(F)(F)F)cn2c1=O. The average molecular weight is 420 g/mol. The quantitative estimate of drug-likeness (QED) is 0.586. The number of hydrogen-bond donors (Lipinski definition) is 2. The van der Waals surface area contributed by atoms with Gasteiger partial charge in [0.25, 0.3) is 5.91 Å². The Kier molecular flexibility index (Phi) is 5.63. The molecule has 0 unspecified atom stereocenters. The number of amides is 1. The number of nitrogens with two attached hydrogens (primary N) is 1. The molecule has 30 heavy (non-hydrogen) atoms. The summed E-state index contributed by atoms with van der Waals surface area (Å²) in [5.41, 5.74) is 5.50. The summed E-state index contributed by atoms with van der Waals surface area (Å²) in [6, 6.07) is 8.47. The lowest BCUT2D eigenvalue weighted by Crippen LogP contribution is -2.26. The maximum atomic E-state index is 12.6. The van der Waals surface area contributed by atoms with Gasteiger partial charge in [-0.1, -0.05) is 6.07 Å². The molecule has 0 aliphatic heterocycles. The van der Waals surface area contributed by atoms with Crippen molar-refractivity contribution in [2.75, 3.05) is 5.73 Å². The smallest absolute Gasteiger partial charge is 0.405 e. The van der Waals surface area contributed by atoms with Crippen molar-refractivity contribution in [3.63, 3.8) is 0 Å². The third-order valence-corrected chi connectivity index (χ3v) is 4.03. The van der Waals surface area contributed by atoms with Crippen LogP contribution in [0.15, 0.2) is 41.3 Å². The molecule has 1 amide bonds. The monoisotopic (exact) mass is 420 g/mol. The second kappa shape index (κ2) is 8.16. The van der Waals surface area contributed by atoms with Crippen molar-refractivity contribution >= 4 is 17.2 Å². The minimum Gasteiger partial charge on any atom is -0.405 e. The van der Waals surface area contributed by atoms with E-state index in [9.17, 15) is 22.8 Å². The molecule has 9 nitrogen and oxygen atoms in total. The van der Waals surface area contributed by atoms with Crippen LogP contribution in [-0.2, 0) is 13.1 Å². The van der Waals surface area contributed by atoms with Crippen LogP contribution in [0.3, 0.4) is 0 Å². The summed E-state index contributed by atoms with van der Waals surface area (Å²) >= 11 is 0. The van der Waals surface area contributed by atoms with Gasteiger partial charge in [-0.3, -0.25) is 4.79 Å². The van der Waals surface area contributed by atoms with E-state index < -0.39 is 23.7 Å². The normalized spacial score (nSPS) is 11.3. The highest BCUT2D eigenvalue weighted by atomic mass is 19.4. The number of rotatable bonds is 6. The number of nitrogens with one attached hydrogen (secondary N) is 1. The van der Waals surface area contributed by atoms with E-state index in [1.807, 2.05) is 6.07 Å². The molecule has 1 aromatic carbocycles. The van der Waals surface area contributed by atoms with Crippen LogP contribution in [0.4, 0.5) is 18.9 Å². The molecule has 0 aliphatic carbocycles. The molecule has 0 bridgehead atoms. The zero-order valence-corrected chi connectivity index (χ0v) is 15.3. The van der Waals surface area contributed by atoms with Gasteiger partial charge in [0.1, 0.15) is 5.75 Å². The highest BCUT2D eigenvalue weighted by Crippen LogP contribution is 2.28. The summed E-state index contributed by atoms with van der Waals surface area (Å²) in [6.07, 6.45) is -3.55. The van der Waals surface area contributed by atoms with Gasteiger partial charge in [-0.05, 0) is 18.2 Å². The maximum Gasteiger partial charge on any atom is 0.573 e. The molecule has 0 atom stereocenters. The fourth-order valence-electron chi connectivity index (χ4n) is 2.67.